The van der Waals surface area contributed by atoms with Gasteiger partial charge < -0.3 is 10.2 Å². The van der Waals surface area contributed by atoms with Gasteiger partial charge in [0.1, 0.15) is 0 Å². The Labute approximate surface area is 89.1 Å². The molecule has 2 atom stereocenters. The fourth-order valence-corrected chi connectivity index (χ4v) is 2.94. The van der Waals surface area contributed by atoms with Crippen molar-refractivity contribution < 1.29 is 0 Å². The minimum absolute atomic E-state index is 0.460. The summed E-state index contributed by atoms with van der Waals surface area (Å²) < 4.78 is 0. The van der Waals surface area contributed by atoms with Gasteiger partial charge in [0.05, 0.1) is 0 Å². The lowest BCUT2D eigenvalue weighted by molar-refractivity contribution is 0.177. The summed E-state index contributed by atoms with van der Waals surface area (Å²) in [5.41, 5.74) is 0.460. The van der Waals surface area contributed by atoms with Crippen LogP contribution in [0.3, 0.4) is 0 Å². The van der Waals surface area contributed by atoms with Crippen molar-refractivity contribution in [2.75, 3.05) is 20.6 Å². The molecule has 0 bridgehead atoms. The lowest BCUT2D eigenvalue weighted by Gasteiger charge is -2.35. The molecule has 84 valence electrons. The second kappa shape index (κ2) is 4.63. The Morgan fingerprint density at radius 1 is 1.43 bits per heavy atom. The number of rotatable bonds is 4. The van der Waals surface area contributed by atoms with E-state index in [1.807, 2.05) is 0 Å². The molecular formula is C12H26N2. The van der Waals surface area contributed by atoms with Crippen LogP contribution in [-0.2, 0) is 0 Å². The number of nitrogens with zero attached hydrogens (tertiary/aromatic N) is 1. The molecule has 14 heavy (non-hydrogen) atoms. The molecule has 2 unspecified atom stereocenters. The van der Waals surface area contributed by atoms with Gasteiger partial charge in [0.25, 0.3) is 0 Å². The van der Waals surface area contributed by atoms with Crippen LogP contribution in [0.5, 0.6) is 0 Å². The molecule has 0 radical (unpaired) electrons. The molecule has 1 fully saturated rings. The van der Waals surface area contributed by atoms with Crippen LogP contribution in [0.15, 0.2) is 0 Å². The molecule has 0 aliphatic heterocycles. The number of hydrogen-bond donors (Lipinski definition) is 1. The van der Waals surface area contributed by atoms with Gasteiger partial charge in [0.2, 0.25) is 0 Å². The number of likely N-dealkylation sites (N-methyl/N-ethyl adjacent to an activating group) is 2. The van der Waals surface area contributed by atoms with E-state index in [9.17, 15) is 0 Å². The fraction of sp³-hybridized carbons (Fsp3) is 1.00. The third kappa shape index (κ3) is 2.29. The average molecular weight is 198 g/mol. The van der Waals surface area contributed by atoms with E-state index >= 15 is 0 Å². The highest BCUT2D eigenvalue weighted by Crippen LogP contribution is 2.39. The lowest BCUT2D eigenvalue weighted by Crippen LogP contribution is -2.49. The van der Waals surface area contributed by atoms with E-state index in [4.69, 9.17) is 0 Å². The summed E-state index contributed by atoms with van der Waals surface area (Å²) in [6, 6.07) is 1.38. The van der Waals surface area contributed by atoms with Crippen molar-refractivity contribution in [3.8, 4) is 0 Å². The summed E-state index contributed by atoms with van der Waals surface area (Å²) in [5.74, 6) is 0. The molecule has 1 saturated carbocycles. The van der Waals surface area contributed by atoms with Gasteiger partial charge in [-0.2, -0.15) is 0 Å². The zero-order chi connectivity index (χ0) is 10.8. The highest BCUT2D eigenvalue weighted by atomic mass is 15.2. The van der Waals surface area contributed by atoms with Gasteiger partial charge in [-0.05, 0) is 45.3 Å². The van der Waals surface area contributed by atoms with Crippen LogP contribution in [0.4, 0.5) is 0 Å². The summed E-state index contributed by atoms with van der Waals surface area (Å²) >= 11 is 0. The Bertz CT molecular complexity index is 177. The van der Waals surface area contributed by atoms with E-state index in [-0.39, 0.29) is 0 Å². The SMILES string of the molecule is CCCN(C)C1CCC(C)(C)C1NC. The third-order valence-corrected chi connectivity index (χ3v) is 3.76. The summed E-state index contributed by atoms with van der Waals surface area (Å²) in [6.07, 6.45) is 3.94. The molecule has 0 aromatic rings. The zero-order valence-corrected chi connectivity index (χ0v) is 10.4. The molecule has 1 N–H and O–H groups in total. The molecule has 0 saturated heterocycles. The molecule has 0 spiro atoms. The molecule has 0 aromatic heterocycles. The van der Waals surface area contributed by atoms with E-state index < -0.39 is 0 Å². The van der Waals surface area contributed by atoms with E-state index in [1.54, 1.807) is 0 Å². The lowest BCUT2D eigenvalue weighted by atomic mass is 9.86. The van der Waals surface area contributed by atoms with Crippen LogP contribution >= 0.6 is 0 Å². The molecule has 1 aliphatic rings. The largest absolute Gasteiger partial charge is 0.315 e. The van der Waals surface area contributed by atoms with Gasteiger partial charge in [-0.15, -0.1) is 0 Å². The van der Waals surface area contributed by atoms with E-state index in [0.29, 0.717) is 11.5 Å². The third-order valence-electron chi connectivity index (χ3n) is 3.76. The molecule has 2 nitrogen and oxygen atoms in total. The summed E-state index contributed by atoms with van der Waals surface area (Å²) in [4.78, 5) is 2.52. The van der Waals surface area contributed by atoms with Crippen LogP contribution < -0.4 is 5.32 Å². The van der Waals surface area contributed by atoms with Crippen molar-refractivity contribution in [1.82, 2.24) is 10.2 Å². The Balaban J connectivity index is 2.62. The molecule has 1 aliphatic carbocycles. The minimum atomic E-state index is 0.460. The highest BCUT2D eigenvalue weighted by molar-refractivity contribution is 4.99. The van der Waals surface area contributed by atoms with Crippen LogP contribution in [0.2, 0.25) is 0 Å². The number of hydrogen-bond acceptors (Lipinski definition) is 2. The van der Waals surface area contributed by atoms with Crippen molar-refractivity contribution >= 4 is 0 Å². The van der Waals surface area contributed by atoms with Crippen LogP contribution in [0.25, 0.3) is 0 Å². The predicted octanol–water partition coefficient (Wildman–Crippen LogP) is 2.10. The van der Waals surface area contributed by atoms with Crippen molar-refractivity contribution in [2.24, 2.45) is 5.41 Å². The molecule has 0 amide bonds. The van der Waals surface area contributed by atoms with Crippen LogP contribution in [-0.4, -0.2) is 37.6 Å². The Hall–Kier alpha value is -0.0800. The van der Waals surface area contributed by atoms with Crippen molar-refractivity contribution in [3.63, 3.8) is 0 Å². The maximum atomic E-state index is 3.50. The van der Waals surface area contributed by atoms with Crippen molar-refractivity contribution in [3.05, 3.63) is 0 Å². The van der Waals surface area contributed by atoms with Gasteiger partial charge in [-0.1, -0.05) is 20.8 Å². The topological polar surface area (TPSA) is 15.3 Å². The van der Waals surface area contributed by atoms with Gasteiger partial charge >= 0.3 is 0 Å². The standard InChI is InChI=1S/C12H26N2/c1-6-9-14(5)10-7-8-12(2,3)11(10)13-4/h10-11,13H,6-9H2,1-5H3. The van der Waals surface area contributed by atoms with Gasteiger partial charge in [0, 0.05) is 12.1 Å². The first-order valence-electron chi connectivity index (χ1n) is 5.90. The molecule has 0 heterocycles. The van der Waals surface area contributed by atoms with E-state index in [2.05, 4.69) is 45.1 Å². The number of nitrogens with one attached hydrogen (secondary N) is 1. The second-order valence-electron chi connectivity index (χ2n) is 5.34. The Morgan fingerprint density at radius 3 is 2.57 bits per heavy atom. The Kier molecular flexibility index (Phi) is 3.96. The van der Waals surface area contributed by atoms with Crippen LogP contribution in [0, 0.1) is 5.41 Å². The van der Waals surface area contributed by atoms with E-state index in [1.165, 1.54) is 25.8 Å². The summed E-state index contributed by atoms with van der Waals surface area (Å²) in [7, 11) is 4.37. The molecule has 2 heteroatoms. The smallest absolute Gasteiger partial charge is 0.0271 e. The fourth-order valence-electron chi connectivity index (χ4n) is 2.94. The predicted molar refractivity (Wildman–Crippen MR) is 62.6 cm³/mol. The Morgan fingerprint density at radius 2 is 2.07 bits per heavy atom. The monoisotopic (exact) mass is 198 g/mol. The molecular weight excluding hydrogens is 172 g/mol. The first-order chi connectivity index (χ1) is 6.53. The first kappa shape index (κ1) is 12.0. The minimum Gasteiger partial charge on any atom is -0.315 e. The maximum absolute atomic E-state index is 3.50. The van der Waals surface area contributed by atoms with Crippen molar-refractivity contribution in [2.45, 2.75) is 52.1 Å². The molecule has 1 rings (SSSR count). The first-order valence-corrected chi connectivity index (χ1v) is 5.90. The molecule has 0 aromatic carbocycles. The maximum Gasteiger partial charge on any atom is 0.0271 e. The zero-order valence-electron chi connectivity index (χ0n) is 10.4. The summed E-state index contributed by atoms with van der Waals surface area (Å²) in [6.45, 7) is 8.24. The van der Waals surface area contributed by atoms with E-state index in [0.717, 1.165) is 6.04 Å². The van der Waals surface area contributed by atoms with Crippen LogP contribution in [0.1, 0.15) is 40.0 Å². The highest BCUT2D eigenvalue weighted by Gasteiger charge is 2.42. The average Bonchev–Trinajstić information content (AvgIpc) is 2.41. The summed E-state index contributed by atoms with van der Waals surface area (Å²) in [5, 5.41) is 3.50. The van der Waals surface area contributed by atoms with Gasteiger partial charge in [-0.25, -0.2) is 0 Å². The van der Waals surface area contributed by atoms with Gasteiger partial charge in [0.15, 0.2) is 0 Å². The van der Waals surface area contributed by atoms with Crippen molar-refractivity contribution in [1.29, 1.82) is 0 Å². The second-order valence-corrected chi connectivity index (χ2v) is 5.34. The quantitative estimate of drug-likeness (QED) is 0.744. The normalized spacial score (nSPS) is 31.3. The van der Waals surface area contributed by atoms with Gasteiger partial charge in [-0.3, -0.25) is 0 Å².